The number of nitrogens with zero attached hydrogens (tertiary/aromatic N) is 1. The molecule has 1 aromatic carbocycles. The van der Waals surface area contributed by atoms with Crippen molar-refractivity contribution in [3.8, 4) is 11.1 Å². The second-order valence-corrected chi connectivity index (χ2v) is 4.26. The maximum Gasteiger partial charge on any atom is 0.304 e. The van der Waals surface area contributed by atoms with Crippen molar-refractivity contribution in [2.75, 3.05) is 6.54 Å². The highest BCUT2D eigenvalue weighted by molar-refractivity contribution is 5.66. The third-order valence-electron chi connectivity index (χ3n) is 2.77. The Kier molecular flexibility index (Phi) is 4.64. The molecular formula is C15H16N2O2. The zero-order valence-electron chi connectivity index (χ0n) is 10.5. The van der Waals surface area contributed by atoms with Gasteiger partial charge in [0.1, 0.15) is 0 Å². The third kappa shape index (κ3) is 4.19. The molecule has 0 spiro atoms. The molecule has 98 valence electrons. The van der Waals surface area contributed by atoms with E-state index in [-0.39, 0.29) is 6.42 Å². The van der Waals surface area contributed by atoms with Crippen LogP contribution in [0.3, 0.4) is 0 Å². The summed E-state index contributed by atoms with van der Waals surface area (Å²) in [4.78, 5) is 14.5. The summed E-state index contributed by atoms with van der Waals surface area (Å²) in [7, 11) is 0. The maximum atomic E-state index is 10.4. The summed E-state index contributed by atoms with van der Waals surface area (Å²) in [5.74, 6) is -0.781. The van der Waals surface area contributed by atoms with Gasteiger partial charge in [0.15, 0.2) is 0 Å². The van der Waals surface area contributed by atoms with Crippen LogP contribution in [0.1, 0.15) is 12.0 Å². The lowest BCUT2D eigenvalue weighted by Gasteiger charge is -2.06. The summed E-state index contributed by atoms with van der Waals surface area (Å²) in [6, 6.07) is 12.1. The molecule has 1 heterocycles. The Morgan fingerprint density at radius 2 is 2.05 bits per heavy atom. The molecule has 2 rings (SSSR count). The van der Waals surface area contributed by atoms with Gasteiger partial charge in [-0.05, 0) is 28.8 Å². The summed E-state index contributed by atoms with van der Waals surface area (Å²) in [5.41, 5.74) is 3.33. The van der Waals surface area contributed by atoms with E-state index < -0.39 is 5.97 Å². The number of aliphatic carboxylic acids is 1. The first kappa shape index (κ1) is 13.2. The molecule has 0 amide bonds. The Morgan fingerprint density at radius 3 is 2.79 bits per heavy atom. The Bertz CT molecular complexity index is 541. The van der Waals surface area contributed by atoms with E-state index in [1.807, 2.05) is 36.5 Å². The molecule has 0 atom stereocenters. The summed E-state index contributed by atoms with van der Waals surface area (Å²) >= 11 is 0. The van der Waals surface area contributed by atoms with Crippen molar-refractivity contribution >= 4 is 5.97 Å². The molecule has 0 aliphatic heterocycles. The van der Waals surface area contributed by atoms with E-state index in [1.54, 1.807) is 6.20 Å². The number of carboxylic acid groups (broad SMARTS) is 1. The van der Waals surface area contributed by atoms with Crippen LogP contribution in [0.4, 0.5) is 0 Å². The monoisotopic (exact) mass is 256 g/mol. The Labute approximate surface area is 112 Å². The number of rotatable bonds is 6. The van der Waals surface area contributed by atoms with Gasteiger partial charge in [0, 0.05) is 25.5 Å². The SMILES string of the molecule is O=C(O)CCNCc1cccc(-c2cccnc2)c1. The fourth-order valence-corrected chi connectivity index (χ4v) is 1.82. The molecule has 0 aliphatic carbocycles. The second-order valence-electron chi connectivity index (χ2n) is 4.26. The van der Waals surface area contributed by atoms with E-state index in [0.29, 0.717) is 13.1 Å². The van der Waals surface area contributed by atoms with Gasteiger partial charge < -0.3 is 10.4 Å². The first-order valence-corrected chi connectivity index (χ1v) is 6.17. The van der Waals surface area contributed by atoms with E-state index in [2.05, 4.69) is 16.4 Å². The van der Waals surface area contributed by atoms with E-state index in [9.17, 15) is 4.79 Å². The van der Waals surface area contributed by atoms with E-state index in [4.69, 9.17) is 5.11 Å². The normalized spacial score (nSPS) is 10.3. The molecule has 4 heteroatoms. The molecule has 2 N–H and O–H groups in total. The molecule has 0 unspecified atom stereocenters. The molecule has 0 aliphatic rings. The number of carbonyl (C=O) groups is 1. The lowest BCUT2D eigenvalue weighted by atomic mass is 10.0. The van der Waals surface area contributed by atoms with Crippen LogP contribution in [0.25, 0.3) is 11.1 Å². The molecule has 0 fully saturated rings. The number of hydrogen-bond acceptors (Lipinski definition) is 3. The van der Waals surface area contributed by atoms with Gasteiger partial charge in [-0.2, -0.15) is 0 Å². The van der Waals surface area contributed by atoms with Gasteiger partial charge in [-0.15, -0.1) is 0 Å². The molecule has 2 aromatic rings. The quantitative estimate of drug-likeness (QED) is 0.779. The number of carboxylic acids is 1. The van der Waals surface area contributed by atoms with Gasteiger partial charge in [-0.25, -0.2) is 0 Å². The molecule has 0 saturated carbocycles. The topological polar surface area (TPSA) is 62.2 Å². The van der Waals surface area contributed by atoms with Gasteiger partial charge in [-0.1, -0.05) is 24.3 Å². The molecule has 0 bridgehead atoms. The maximum absolute atomic E-state index is 10.4. The predicted molar refractivity (Wildman–Crippen MR) is 73.6 cm³/mol. The number of pyridine rings is 1. The molecule has 0 saturated heterocycles. The van der Waals surface area contributed by atoms with Gasteiger partial charge in [0.25, 0.3) is 0 Å². The minimum absolute atomic E-state index is 0.141. The fourth-order valence-electron chi connectivity index (χ4n) is 1.82. The van der Waals surface area contributed by atoms with Gasteiger partial charge in [0.05, 0.1) is 6.42 Å². The van der Waals surface area contributed by atoms with Crippen LogP contribution in [0.5, 0.6) is 0 Å². The van der Waals surface area contributed by atoms with Crippen LogP contribution < -0.4 is 5.32 Å². The van der Waals surface area contributed by atoms with Crippen molar-refractivity contribution < 1.29 is 9.90 Å². The average molecular weight is 256 g/mol. The number of benzene rings is 1. The van der Waals surface area contributed by atoms with Gasteiger partial charge in [0.2, 0.25) is 0 Å². The van der Waals surface area contributed by atoms with Crippen LogP contribution in [0.2, 0.25) is 0 Å². The van der Waals surface area contributed by atoms with Crippen LogP contribution in [0.15, 0.2) is 48.8 Å². The minimum Gasteiger partial charge on any atom is -0.481 e. The summed E-state index contributed by atoms with van der Waals surface area (Å²) in [5, 5.41) is 11.7. The van der Waals surface area contributed by atoms with Gasteiger partial charge in [-0.3, -0.25) is 9.78 Å². The van der Waals surface area contributed by atoms with Crippen molar-refractivity contribution in [3.63, 3.8) is 0 Å². The second kappa shape index (κ2) is 6.66. The van der Waals surface area contributed by atoms with Gasteiger partial charge >= 0.3 is 5.97 Å². The summed E-state index contributed by atoms with van der Waals surface area (Å²) in [6.45, 7) is 1.15. The number of aromatic nitrogens is 1. The Morgan fingerprint density at radius 1 is 1.21 bits per heavy atom. The van der Waals surface area contributed by atoms with Crippen molar-refractivity contribution in [1.29, 1.82) is 0 Å². The highest BCUT2D eigenvalue weighted by Crippen LogP contribution is 2.18. The Balaban J connectivity index is 1.98. The highest BCUT2D eigenvalue weighted by Gasteiger charge is 2.00. The third-order valence-corrected chi connectivity index (χ3v) is 2.77. The summed E-state index contributed by atoms with van der Waals surface area (Å²) in [6.07, 6.45) is 3.72. The smallest absolute Gasteiger partial charge is 0.304 e. The first-order valence-electron chi connectivity index (χ1n) is 6.17. The lowest BCUT2D eigenvalue weighted by molar-refractivity contribution is -0.136. The molecule has 4 nitrogen and oxygen atoms in total. The molecule has 1 aromatic heterocycles. The number of nitrogens with one attached hydrogen (secondary N) is 1. The van der Waals surface area contributed by atoms with Crippen LogP contribution >= 0.6 is 0 Å². The predicted octanol–water partition coefficient (Wildman–Crippen LogP) is 2.31. The van der Waals surface area contributed by atoms with E-state index >= 15 is 0 Å². The van der Waals surface area contributed by atoms with Crippen molar-refractivity contribution in [2.45, 2.75) is 13.0 Å². The molecule has 0 radical (unpaired) electrons. The fraction of sp³-hybridized carbons (Fsp3) is 0.200. The van der Waals surface area contributed by atoms with Crippen molar-refractivity contribution in [1.82, 2.24) is 10.3 Å². The lowest BCUT2D eigenvalue weighted by Crippen LogP contribution is -2.17. The molecule has 19 heavy (non-hydrogen) atoms. The van der Waals surface area contributed by atoms with E-state index in [0.717, 1.165) is 16.7 Å². The van der Waals surface area contributed by atoms with Crippen LogP contribution in [-0.2, 0) is 11.3 Å². The average Bonchev–Trinajstić information content (AvgIpc) is 2.45. The Hall–Kier alpha value is -2.20. The minimum atomic E-state index is -0.781. The highest BCUT2D eigenvalue weighted by atomic mass is 16.4. The zero-order chi connectivity index (χ0) is 13.5. The van der Waals surface area contributed by atoms with E-state index in [1.165, 1.54) is 0 Å². The number of hydrogen-bond donors (Lipinski definition) is 2. The van der Waals surface area contributed by atoms with Crippen molar-refractivity contribution in [3.05, 3.63) is 54.4 Å². The largest absolute Gasteiger partial charge is 0.481 e. The first-order chi connectivity index (χ1) is 9.25. The summed E-state index contributed by atoms with van der Waals surface area (Å²) < 4.78 is 0. The van der Waals surface area contributed by atoms with Crippen molar-refractivity contribution in [2.24, 2.45) is 0 Å². The van der Waals surface area contributed by atoms with Crippen LogP contribution in [-0.4, -0.2) is 22.6 Å². The molecular weight excluding hydrogens is 240 g/mol. The van der Waals surface area contributed by atoms with Crippen LogP contribution in [0, 0.1) is 0 Å². The zero-order valence-corrected chi connectivity index (χ0v) is 10.5. The standard InChI is InChI=1S/C15H16N2O2/c18-15(19)6-8-17-10-12-3-1-4-13(9-12)14-5-2-7-16-11-14/h1-5,7,9,11,17H,6,8,10H2,(H,18,19).